The molecule has 1 saturated carbocycles. The summed E-state index contributed by atoms with van der Waals surface area (Å²) in [6.45, 7) is 0. The van der Waals surface area contributed by atoms with E-state index in [1.165, 1.54) is 0 Å². The van der Waals surface area contributed by atoms with E-state index in [2.05, 4.69) is 0 Å². The first-order valence-electron chi connectivity index (χ1n) is 2.53. The van der Waals surface area contributed by atoms with Gasteiger partial charge in [-0.2, -0.15) is 0 Å². The van der Waals surface area contributed by atoms with E-state index in [0.29, 0.717) is 0 Å². The van der Waals surface area contributed by atoms with E-state index in [9.17, 15) is 4.79 Å². The maximum Gasteiger partial charge on any atom is 0.306 e. The molecule has 1 fully saturated rings. The van der Waals surface area contributed by atoms with Gasteiger partial charge in [0, 0.05) is 16.5 Å². The van der Waals surface area contributed by atoms with E-state index >= 15 is 0 Å². The first-order valence-corrected chi connectivity index (χ1v) is 2.53. The summed E-state index contributed by atoms with van der Waals surface area (Å²) >= 11 is 0. The van der Waals surface area contributed by atoms with E-state index in [1.807, 2.05) is 0 Å². The summed E-state index contributed by atoms with van der Waals surface area (Å²) in [6, 6.07) is 0. The number of hydrogen-bond donors (Lipinski definition) is 1. The van der Waals surface area contributed by atoms with Gasteiger partial charge in [0.15, 0.2) is 0 Å². The monoisotopic (exact) mass is 158 g/mol. The molecule has 1 N–H and O–H groups in total. The van der Waals surface area contributed by atoms with Gasteiger partial charge in [0.2, 0.25) is 0 Å². The Morgan fingerprint density at radius 3 is 2.00 bits per heavy atom. The number of carbonyl (C=O) groups is 1. The number of carboxylic acid groups (broad SMARTS) is 1. The summed E-state index contributed by atoms with van der Waals surface area (Å²) in [6.07, 6.45) is 2.90. The van der Waals surface area contributed by atoms with Crippen molar-refractivity contribution in [2.45, 2.75) is 19.3 Å². The molecule has 0 unspecified atom stereocenters. The summed E-state index contributed by atoms with van der Waals surface area (Å²) in [5.41, 5.74) is 0. The fraction of sp³-hybridized carbons (Fsp3) is 0.800. The van der Waals surface area contributed by atoms with E-state index in [-0.39, 0.29) is 22.4 Å². The van der Waals surface area contributed by atoms with Crippen LogP contribution in [-0.2, 0) is 21.3 Å². The van der Waals surface area contributed by atoms with Gasteiger partial charge in [0.1, 0.15) is 0 Å². The first kappa shape index (κ1) is 7.96. The molecule has 0 amide bonds. The second-order valence-electron chi connectivity index (χ2n) is 1.97. The van der Waals surface area contributed by atoms with Crippen molar-refractivity contribution in [3.63, 3.8) is 0 Å². The molecule has 0 heterocycles. The zero-order valence-electron chi connectivity index (χ0n) is 4.37. The molecular formula is C5H8NiO2. The molecule has 8 heavy (non-hydrogen) atoms. The Morgan fingerprint density at radius 1 is 1.50 bits per heavy atom. The van der Waals surface area contributed by atoms with Crippen LogP contribution in [0.1, 0.15) is 19.3 Å². The van der Waals surface area contributed by atoms with Crippen molar-refractivity contribution < 1.29 is 26.4 Å². The minimum absolute atomic E-state index is 0. The molecule has 50 valence electrons. The predicted octanol–water partition coefficient (Wildman–Crippen LogP) is 0.869. The summed E-state index contributed by atoms with van der Waals surface area (Å²) < 4.78 is 0. The van der Waals surface area contributed by atoms with Gasteiger partial charge in [-0.25, -0.2) is 0 Å². The molecule has 0 aromatic carbocycles. The van der Waals surface area contributed by atoms with Crippen molar-refractivity contribution in [2.24, 2.45) is 5.92 Å². The maximum absolute atomic E-state index is 9.98. The third-order valence-corrected chi connectivity index (χ3v) is 1.45. The van der Waals surface area contributed by atoms with Crippen LogP contribution in [0.3, 0.4) is 0 Å². The molecule has 0 atom stereocenters. The van der Waals surface area contributed by atoms with Crippen molar-refractivity contribution in [3.8, 4) is 0 Å². The normalized spacial score (nSPS) is 18.5. The summed E-state index contributed by atoms with van der Waals surface area (Å²) in [5, 5.41) is 8.23. The quantitative estimate of drug-likeness (QED) is 0.576. The zero-order valence-corrected chi connectivity index (χ0v) is 5.36. The Hall–Kier alpha value is -0.0365. The van der Waals surface area contributed by atoms with Crippen LogP contribution in [0.15, 0.2) is 0 Å². The summed E-state index contributed by atoms with van der Waals surface area (Å²) in [7, 11) is 0. The molecular weight excluding hydrogens is 151 g/mol. The topological polar surface area (TPSA) is 37.3 Å². The minimum Gasteiger partial charge on any atom is -0.481 e. The Balaban J connectivity index is 0.000000490. The summed E-state index contributed by atoms with van der Waals surface area (Å²) in [4.78, 5) is 9.98. The van der Waals surface area contributed by atoms with Gasteiger partial charge >= 0.3 is 5.97 Å². The Labute approximate surface area is 58.2 Å². The minimum atomic E-state index is -0.619. The molecule has 0 aromatic rings. The number of rotatable bonds is 1. The van der Waals surface area contributed by atoms with Crippen LogP contribution in [0.4, 0.5) is 0 Å². The van der Waals surface area contributed by atoms with Crippen LogP contribution in [-0.4, -0.2) is 11.1 Å². The molecule has 3 heteroatoms. The molecule has 0 saturated heterocycles. The first-order chi connectivity index (χ1) is 3.30. The molecule has 0 bridgehead atoms. The van der Waals surface area contributed by atoms with E-state index in [4.69, 9.17) is 5.11 Å². The maximum atomic E-state index is 9.98. The molecule has 1 rings (SSSR count). The summed E-state index contributed by atoms with van der Waals surface area (Å²) in [5.74, 6) is -0.619. The fourth-order valence-electron chi connectivity index (χ4n) is 0.655. The van der Waals surface area contributed by atoms with Crippen LogP contribution in [0.2, 0.25) is 0 Å². The zero-order chi connectivity index (χ0) is 5.28. The average Bonchev–Trinajstić information content (AvgIpc) is 1.23. The van der Waals surface area contributed by atoms with Crippen LogP contribution in [0.5, 0.6) is 0 Å². The van der Waals surface area contributed by atoms with Crippen molar-refractivity contribution in [3.05, 3.63) is 0 Å². The van der Waals surface area contributed by atoms with Crippen molar-refractivity contribution in [2.75, 3.05) is 0 Å². The van der Waals surface area contributed by atoms with Crippen molar-refractivity contribution in [1.82, 2.24) is 0 Å². The predicted molar refractivity (Wildman–Crippen MR) is 25.0 cm³/mol. The van der Waals surface area contributed by atoms with Gasteiger partial charge in [-0.1, -0.05) is 6.42 Å². The Kier molecular flexibility index (Phi) is 3.07. The molecule has 0 aliphatic heterocycles. The van der Waals surface area contributed by atoms with Crippen LogP contribution in [0, 0.1) is 5.92 Å². The molecule has 0 spiro atoms. The third kappa shape index (κ3) is 1.48. The van der Waals surface area contributed by atoms with Gasteiger partial charge in [-0.3, -0.25) is 4.79 Å². The SMILES string of the molecule is O=C(O)C1CCC1.[Ni]. The Morgan fingerprint density at radius 2 is 2.00 bits per heavy atom. The Bertz CT molecular complexity index is 88.4. The van der Waals surface area contributed by atoms with Crippen molar-refractivity contribution >= 4 is 5.97 Å². The second kappa shape index (κ2) is 3.08. The van der Waals surface area contributed by atoms with Gasteiger partial charge in [-0.15, -0.1) is 0 Å². The standard InChI is InChI=1S/C5H8O2.Ni/c6-5(7)4-2-1-3-4;/h4H,1-3H2,(H,6,7);. The average molecular weight is 159 g/mol. The van der Waals surface area contributed by atoms with Gasteiger partial charge in [0.25, 0.3) is 0 Å². The molecule has 1 aliphatic rings. The second-order valence-corrected chi connectivity index (χ2v) is 1.97. The fourth-order valence-corrected chi connectivity index (χ4v) is 0.655. The molecule has 1 aliphatic carbocycles. The number of carboxylic acids is 1. The third-order valence-electron chi connectivity index (χ3n) is 1.45. The largest absolute Gasteiger partial charge is 0.481 e. The molecule has 0 aromatic heterocycles. The van der Waals surface area contributed by atoms with E-state index in [1.54, 1.807) is 0 Å². The van der Waals surface area contributed by atoms with Gasteiger partial charge in [0.05, 0.1) is 5.92 Å². The van der Waals surface area contributed by atoms with E-state index in [0.717, 1.165) is 19.3 Å². The van der Waals surface area contributed by atoms with Crippen LogP contribution < -0.4 is 0 Å². The van der Waals surface area contributed by atoms with Crippen LogP contribution >= 0.6 is 0 Å². The van der Waals surface area contributed by atoms with Crippen molar-refractivity contribution in [1.29, 1.82) is 0 Å². The number of aliphatic carboxylic acids is 1. The van der Waals surface area contributed by atoms with Crippen LogP contribution in [0.25, 0.3) is 0 Å². The van der Waals surface area contributed by atoms with Gasteiger partial charge < -0.3 is 5.11 Å². The van der Waals surface area contributed by atoms with E-state index < -0.39 is 5.97 Å². The molecule has 2 nitrogen and oxygen atoms in total. The number of hydrogen-bond acceptors (Lipinski definition) is 1. The van der Waals surface area contributed by atoms with Gasteiger partial charge in [-0.05, 0) is 12.8 Å². The molecule has 0 radical (unpaired) electrons. The smallest absolute Gasteiger partial charge is 0.306 e.